The van der Waals surface area contributed by atoms with E-state index >= 15 is 0 Å². The van der Waals surface area contributed by atoms with Crippen LogP contribution in [0, 0.1) is 11.8 Å². The number of aromatic nitrogens is 1. The predicted octanol–water partition coefficient (Wildman–Crippen LogP) is 2.40. The number of pyridine rings is 1. The van der Waals surface area contributed by atoms with Crippen molar-refractivity contribution in [2.45, 2.75) is 29.8 Å². The van der Waals surface area contributed by atoms with Crippen LogP contribution in [0.4, 0.5) is 0 Å². The Hall–Kier alpha value is -1.96. The Morgan fingerprint density at radius 2 is 2.00 bits per heavy atom. The number of rotatable bonds is 4. The molecule has 4 rings (SSSR count). The number of benzene rings is 1. The van der Waals surface area contributed by atoms with E-state index in [-0.39, 0.29) is 16.7 Å². The Labute approximate surface area is 159 Å². The number of fused-ring (bicyclic) bond motifs is 1. The quantitative estimate of drug-likeness (QED) is 0.870. The minimum atomic E-state index is -3.60. The van der Waals surface area contributed by atoms with Gasteiger partial charge in [0, 0.05) is 37.0 Å². The zero-order chi connectivity index (χ0) is 19.1. The summed E-state index contributed by atoms with van der Waals surface area (Å²) in [6.07, 6.45) is 5.83. The van der Waals surface area contributed by atoms with Crippen molar-refractivity contribution in [2.24, 2.45) is 11.8 Å². The van der Waals surface area contributed by atoms with E-state index in [9.17, 15) is 13.5 Å². The van der Waals surface area contributed by atoms with Crippen LogP contribution in [-0.2, 0) is 15.6 Å². The van der Waals surface area contributed by atoms with Gasteiger partial charge in [0.2, 0.25) is 10.0 Å². The topological polar surface area (TPSA) is 79.7 Å². The zero-order valence-electron chi connectivity index (χ0n) is 15.3. The maximum atomic E-state index is 13.1. The van der Waals surface area contributed by atoms with Gasteiger partial charge in [-0.15, -0.1) is 0 Å². The van der Waals surface area contributed by atoms with E-state index in [0.29, 0.717) is 25.3 Å². The van der Waals surface area contributed by atoms with E-state index in [4.69, 9.17) is 4.74 Å². The summed E-state index contributed by atoms with van der Waals surface area (Å²) in [4.78, 5) is 4.40. The fraction of sp³-hybridized carbons (Fsp3) is 0.450. The van der Waals surface area contributed by atoms with Crippen LogP contribution in [0.2, 0.25) is 0 Å². The molecule has 0 bridgehead atoms. The van der Waals surface area contributed by atoms with Gasteiger partial charge in [0.05, 0.1) is 17.6 Å². The molecule has 2 aromatic rings. The van der Waals surface area contributed by atoms with Gasteiger partial charge in [-0.1, -0.05) is 6.07 Å². The first-order valence-electron chi connectivity index (χ1n) is 9.22. The smallest absolute Gasteiger partial charge is 0.243 e. The lowest BCUT2D eigenvalue weighted by molar-refractivity contribution is -0.0643. The first-order valence-corrected chi connectivity index (χ1v) is 10.7. The Bertz CT molecular complexity index is 901. The van der Waals surface area contributed by atoms with Crippen molar-refractivity contribution in [3.05, 3.63) is 54.4 Å². The molecule has 144 valence electrons. The molecule has 3 atom stereocenters. The largest absolute Gasteiger partial charge is 0.497 e. The monoisotopic (exact) mass is 388 g/mol. The molecule has 1 saturated heterocycles. The Balaban J connectivity index is 1.62. The molecular weight excluding hydrogens is 364 g/mol. The van der Waals surface area contributed by atoms with Gasteiger partial charge >= 0.3 is 0 Å². The van der Waals surface area contributed by atoms with Crippen LogP contribution in [0.25, 0.3) is 0 Å². The Kier molecular flexibility index (Phi) is 4.70. The van der Waals surface area contributed by atoms with Gasteiger partial charge in [-0.3, -0.25) is 4.98 Å². The van der Waals surface area contributed by atoms with E-state index in [2.05, 4.69) is 4.98 Å². The van der Waals surface area contributed by atoms with Crippen molar-refractivity contribution in [1.29, 1.82) is 0 Å². The van der Waals surface area contributed by atoms with E-state index < -0.39 is 15.6 Å². The van der Waals surface area contributed by atoms with Crippen molar-refractivity contribution in [3.63, 3.8) is 0 Å². The highest BCUT2D eigenvalue weighted by Gasteiger charge is 2.52. The highest BCUT2D eigenvalue weighted by molar-refractivity contribution is 7.89. The molecule has 1 saturated carbocycles. The lowest BCUT2D eigenvalue weighted by Crippen LogP contribution is -2.43. The lowest BCUT2D eigenvalue weighted by Gasteiger charge is -2.41. The molecule has 27 heavy (non-hydrogen) atoms. The highest BCUT2D eigenvalue weighted by atomic mass is 32.2. The number of hydrogen-bond acceptors (Lipinski definition) is 5. The average molecular weight is 388 g/mol. The molecule has 2 fully saturated rings. The number of sulfonamides is 1. The van der Waals surface area contributed by atoms with Gasteiger partial charge in [-0.25, -0.2) is 8.42 Å². The van der Waals surface area contributed by atoms with Gasteiger partial charge in [0.25, 0.3) is 0 Å². The number of nitrogens with zero attached hydrogens (tertiary/aromatic N) is 2. The fourth-order valence-electron chi connectivity index (χ4n) is 4.55. The number of aliphatic hydroxyl groups is 1. The number of ether oxygens (including phenoxy) is 1. The van der Waals surface area contributed by atoms with Crippen LogP contribution in [0.15, 0.2) is 53.7 Å². The summed E-state index contributed by atoms with van der Waals surface area (Å²) in [5.74, 6) is 0.649. The van der Waals surface area contributed by atoms with Gasteiger partial charge in [0.15, 0.2) is 0 Å². The summed E-state index contributed by atoms with van der Waals surface area (Å²) in [6, 6.07) is 10.2. The Morgan fingerprint density at radius 1 is 1.22 bits per heavy atom. The standard InChI is InChI=1S/C20H24N2O4S/c1-26-17-6-8-18(9-7-17)27(24,25)22-13-15-4-2-10-20(23,19(15)14-22)16-5-3-11-21-12-16/h3,5-9,11-12,15,19,23H,2,4,10,13-14H2,1H3/t15-,19-,20+/m0/s1. The molecule has 0 unspecified atom stereocenters. The van der Waals surface area contributed by atoms with Crippen molar-refractivity contribution in [2.75, 3.05) is 20.2 Å². The molecule has 2 aliphatic rings. The predicted molar refractivity (Wildman–Crippen MR) is 101 cm³/mol. The Morgan fingerprint density at radius 3 is 2.67 bits per heavy atom. The zero-order valence-corrected chi connectivity index (χ0v) is 16.1. The van der Waals surface area contributed by atoms with E-state index in [1.165, 1.54) is 4.31 Å². The maximum Gasteiger partial charge on any atom is 0.243 e. The second kappa shape index (κ2) is 6.89. The molecular formula is C20H24N2O4S. The minimum Gasteiger partial charge on any atom is -0.497 e. The molecule has 0 spiro atoms. The SMILES string of the molecule is COc1ccc(S(=O)(=O)N2C[C@@H]3CCC[C@@](O)(c4cccnc4)[C@H]3C2)cc1. The third kappa shape index (κ3) is 3.13. The molecule has 1 aliphatic heterocycles. The van der Waals surface area contributed by atoms with E-state index in [1.807, 2.05) is 12.1 Å². The summed E-state index contributed by atoms with van der Waals surface area (Å²) in [6.45, 7) is 0.770. The van der Waals surface area contributed by atoms with Crippen molar-refractivity contribution < 1.29 is 18.3 Å². The van der Waals surface area contributed by atoms with Gasteiger partial charge < -0.3 is 9.84 Å². The molecule has 2 heterocycles. The summed E-state index contributed by atoms with van der Waals surface area (Å²) >= 11 is 0. The molecule has 6 nitrogen and oxygen atoms in total. The van der Waals surface area contributed by atoms with Crippen LogP contribution >= 0.6 is 0 Å². The van der Waals surface area contributed by atoms with E-state index in [0.717, 1.165) is 18.4 Å². The average Bonchev–Trinajstić information content (AvgIpc) is 3.16. The molecule has 1 aromatic carbocycles. The molecule has 1 N–H and O–H groups in total. The van der Waals surface area contributed by atoms with Crippen LogP contribution in [-0.4, -0.2) is 43.0 Å². The molecule has 1 aromatic heterocycles. The van der Waals surface area contributed by atoms with Crippen LogP contribution in [0.1, 0.15) is 24.8 Å². The summed E-state index contributed by atoms with van der Waals surface area (Å²) < 4.78 is 32.9. The van der Waals surface area contributed by atoms with Crippen LogP contribution in [0.3, 0.4) is 0 Å². The van der Waals surface area contributed by atoms with Gasteiger partial charge in [-0.2, -0.15) is 4.31 Å². The van der Waals surface area contributed by atoms with Crippen molar-refractivity contribution in [1.82, 2.24) is 9.29 Å². The second-order valence-corrected chi connectivity index (χ2v) is 9.36. The van der Waals surface area contributed by atoms with E-state index in [1.54, 1.807) is 43.8 Å². The van der Waals surface area contributed by atoms with Crippen molar-refractivity contribution >= 4 is 10.0 Å². The number of methoxy groups -OCH3 is 1. The van der Waals surface area contributed by atoms with Gasteiger partial charge in [0.1, 0.15) is 5.75 Å². The first kappa shape index (κ1) is 18.4. The second-order valence-electron chi connectivity index (χ2n) is 7.42. The maximum absolute atomic E-state index is 13.1. The van der Waals surface area contributed by atoms with Crippen LogP contribution < -0.4 is 4.74 Å². The fourth-order valence-corrected chi connectivity index (χ4v) is 6.08. The lowest BCUT2D eigenvalue weighted by atomic mass is 9.68. The molecule has 7 heteroatoms. The summed E-state index contributed by atoms with van der Waals surface area (Å²) in [7, 11) is -2.05. The summed E-state index contributed by atoms with van der Waals surface area (Å²) in [5.41, 5.74) is -0.246. The first-order chi connectivity index (χ1) is 12.9. The third-order valence-electron chi connectivity index (χ3n) is 6.01. The normalized spacial score (nSPS) is 28.7. The van der Waals surface area contributed by atoms with Crippen LogP contribution in [0.5, 0.6) is 5.75 Å². The van der Waals surface area contributed by atoms with Gasteiger partial charge in [-0.05, 0) is 55.5 Å². The minimum absolute atomic E-state index is 0.122. The van der Waals surface area contributed by atoms with Crippen molar-refractivity contribution in [3.8, 4) is 5.75 Å². The summed E-state index contributed by atoms with van der Waals surface area (Å²) in [5, 5.41) is 11.5. The third-order valence-corrected chi connectivity index (χ3v) is 7.86. The molecule has 1 aliphatic carbocycles. The highest BCUT2D eigenvalue weighted by Crippen LogP contribution is 2.48. The molecule has 0 radical (unpaired) electrons. The number of hydrogen-bond donors (Lipinski definition) is 1. The molecule has 0 amide bonds.